The first-order valence-corrected chi connectivity index (χ1v) is 7.42. The molecule has 1 aromatic carbocycles. The molecule has 0 saturated heterocycles. The Labute approximate surface area is 123 Å². The van der Waals surface area contributed by atoms with Crippen molar-refractivity contribution in [3.8, 4) is 5.75 Å². The molecule has 0 bridgehead atoms. The minimum absolute atomic E-state index is 0.106. The van der Waals surface area contributed by atoms with Crippen molar-refractivity contribution in [2.24, 2.45) is 0 Å². The standard InChI is InChI=1S/C17H29NO2/c1-7-12-18-16(13(2)20-17(3,4)5)14-8-10-15(19-6)11-9-14/h8-11,13,16,18H,7,12H2,1-6H3. The van der Waals surface area contributed by atoms with Gasteiger partial charge in [-0.25, -0.2) is 0 Å². The fourth-order valence-corrected chi connectivity index (χ4v) is 2.29. The van der Waals surface area contributed by atoms with Crippen LogP contribution in [0.2, 0.25) is 0 Å². The predicted molar refractivity (Wildman–Crippen MR) is 84.3 cm³/mol. The molecule has 1 rings (SSSR count). The first-order chi connectivity index (χ1) is 9.37. The Morgan fingerprint density at radius 3 is 2.20 bits per heavy atom. The molecule has 0 aliphatic heterocycles. The molecule has 0 spiro atoms. The average Bonchev–Trinajstić information content (AvgIpc) is 2.38. The van der Waals surface area contributed by atoms with Crippen LogP contribution in [0.15, 0.2) is 24.3 Å². The molecule has 3 heteroatoms. The van der Waals surface area contributed by atoms with Gasteiger partial charge in [-0.05, 0) is 58.4 Å². The van der Waals surface area contributed by atoms with E-state index in [0.29, 0.717) is 0 Å². The van der Waals surface area contributed by atoms with Crippen LogP contribution < -0.4 is 10.1 Å². The Balaban J connectivity index is 2.86. The van der Waals surface area contributed by atoms with Gasteiger partial charge in [-0.1, -0.05) is 19.1 Å². The maximum absolute atomic E-state index is 6.11. The van der Waals surface area contributed by atoms with E-state index in [9.17, 15) is 0 Å². The average molecular weight is 279 g/mol. The summed E-state index contributed by atoms with van der Waals surface area (Å²) in [5.74, 6) is 0.882. The van der Waals surface area contributed by atoms with E-state index in [4.69, 9.17) is 9.47 Å². The SMILES string of the molecule is CCCNC(c1ccc(OC)cc1)C(C)OC(C)(C)C. The number of benzene rings is 1. The Bertz CT molecular complexity index is 381. The van der Waals surface area contributed by atoms with Crippen molar-refractivity contribution < 1.29 is 9.47 Å². The molecule has 0 aliphatic rings. The maximum Gasteiger partial charge on any atom is 0.118 e. The van der Waals surface area contributed by atoms with Gasteiger partial charge in [0, 0.05) is 0 Å². The van der Waals surface area contributed by atoms with Crippen LogP contribution in [-0.4, -0.2) is 25.4 Å². The molecular formula is C17H29NO2. The molecule has 2 atom stereocenters. The molecule has 0 aromatic heterocycles. The van der Waals surface area contributed by atoms with Crippen LogP contribution in [-0.2, 0) is 4.74 Å². The van der Waals surface area contributed by atoms with E-state index >= 15 is 0 Å². The molecule has 0 fully saturated rings. The molecular weight excluding hydrogens is 250 g/mol. The molecule has 0 heterocycles. The highest BCUT2D eigenvalue weighted by molar-refractivity contribution is 5.29. The fourth-order valence-electron chi connectivity index (χ4n) is 2.29. The lowest BCUT2D eigenvalue weighted by Crippen LogP contribution is -2.37. The first-order valence-electron chi connectivity index (χ1n) is 7.42. The van der Waals surface area contributed by atoms with Crippen molar-refractivity contribution in [1.82, 2.24) is 5.32 Å². The van der Waals surface area contributed by atoms with E-state index in [1.54, 1.807) is 7.11 Å². The quantitative estimate of drug-likeness (QED) is 0.820. The van der Waals surface area contributed by atoms with Gasteiger partial charge in [0.05, 0.1) is 24.9 Å². The van der Waals surface area contributed by atoms with Gasteiger partial charge in [0.1, 0.15) is 5.75 Å². The summed E-state index contributed by atoms with van der Waals surface area (Å²) in [6, 6.07) is 8.41. The Kier molecular flexibility index (Phi) is 6.50. The monoisotopic (exact) mass is 279 g/mol. The number of ether oxygens (including phenoxy) is 2. The van der Waals surface area contributed by atoms with Gasteiger partial charge in [-0.3, -0.25) is 0 Å². The summed E-state index contributed by atoms with van der Waals surface area (Å²) in [5, 5.41) is 3.58. The van der Waals surface area contributed by atoms with Gasteiger partial charge in [0.25, 0.3) is 0 Å². The van der Waals surface area contributed by atoms with Gasteiger partial charge < -0.3 is 14.8 Å². The van der Waals surface area contributed by atoms with E-state index < -0.39 is 0 Å². The summed E-state index contributed by atoms with van der Waals surface area (Å²) in [4.78, 5) is 0. The Morgan fingerprint density at radius 2 is 1.75 bits per heavy atom. The second-order valence-corrected chi connectivity index (χ2v) is 6.14. The third-order valence-electron chi connectivity index (χ3n) is 3.10. The highest BCUT2D eigenvalue weighted by Crippen LogP contribution is 2.25. The molecule has 0 radical (unpaired) electrons. The maximum atomic E-state index is 6.11. The number of nitrogens with one attached hydrogen (secondary N) is 1. The molecule has 1 N–H and O–H groups in total. The summed E-state index contributed by atoms with van der Waals surface area (Å²) in [5.41, 5.74) is 1.09. The molecule has 0 saturated carbocycles. The van der Waals surface area contributed by atoms with Gasteiger partial charge >= 0.3 is 0 Å². The number of rotatable bonds is 7. The summed E-state index contributed by atoms with van der Waals surface area (Å²) in [7, 11) is 1.69. The van der Waals surface area contributed by atoms with E-state index in [1.165, 1.54) is 5.56 Å². The lowest BCUT2D eigenvalue weighted by molar-refractivity contribution is -0.0669. The van der Waals surface area contributed by atoms with Crippen molar-refractivity contribution in [3.63, 3.8) is 0 Å². The van der Waals surface area contributed by atoms with Gasteiger partial charge in [-0.15, -0.1) is 0 Å². The second kappa shape index (κ2) is 7.65. The van der Waals surface area contributed by atoms with Crippen LogP contribution in [0.1, 0.15) is 52.6 Å². The molecule has 0 aliphatic carbocycles. The fraction of sp³-hybridized carbons (Fsp3) is 0.647. The topological polar surface area (TPSA) is 30.5 Å². The van der Waals surface area contributed by atoms with E-state index in [1.807, 2.05) is 12.1 Å². The Morgan fingerprint density at radius 1 is 1.15 bits per heavy atom. The predicted octanol–water partition coefficient (Wildman–Crippen LogP) is 3.94. The highest BCUT2D eigenvalue weighted by Gasteiger charge is 2.24. The molecule has 2 unspecified atom stereocenters. The third kappa shape index (κ3) is 5.51. The van der Waals surface area contributed by atoms with Gasteiger partial charge in [-0.2, -0.15) is 0 Å². The van der Waals surface area contributed by atoms with Gasteiger partial charge in [0.15, 0.2) is 0 Å². The first kappa shape index (κ1) is 17.0. The largest absolute Gasteiger partial charge is 0.497 e. The van der Waals surface area contributed by atoms with E-state index in [-0.39, 0.29) is 17.7 Å². The number of hydrogen-bond acceptors (Lipinski definition) is 3. The molecule has 1 aromatic rings. The summed E-state index contributed by atoms with van der Waals surface area (Å²) in [6.07, 6.45) is 1.21. The summed E-state index contributed by atoms with van der Waals surface area (Å²) >= 11 is 0. The normalized spacial score (nSPS) is 14.9. The lowest BCUT2D eigenvalue weighted by Gasteiger charge is -2.32. The zero-order chi connectivity index (χ0) is 15.2. The van der Waals surface area contributed by atoms with Crippen molar-refractivity contribution in [2.75, 3.05) is 13.7 Å². The van der Waals surface area contributed by atoms with Crippen molar-refractivity contribution >= 4 is 0 Å². The van der Waals surface area contributed by atoms with E-state index in [0.717, 1.165) is 18.7 Å². The van der Waals surface area contributed by atoms with Crippen LogP contribution in [0, 0.1) is 0 Å². The molecule has 0 amide bonds. The second-order valence-electron chi connectivity index (χ2n) is 6.14. The summed E-state index contributed by atoms with van der Waals surface area (Å²) in [6.45, 7) is 11.6. The molecule has 20 heavy (non-hydrogen) atoms. The summed E-state index contributed by atoms with van der Waals surface area (Å²) < 4.78 is 11.3. The smallest absolute Gasteiger partial charge is 0.118 e. The molecule has 3 nitrogen and oxygen atoms in total. The van der Waals surface area contributed by atoms with E-state index in [2.05, 4.69) is 52.1 Å². The minimum Gasteiger partial charge on any atom is -0.497 e. The Hall–Kier alpha value is -1.06. The van der Waals surface area contributed by atoms with Gasteiger partial charge in [0.2, 0.25) is 0 Å². The number of methoxy groups -OCH3 is 1. The highest BCUT2D eigenvalue weighted by atomic mass is 16.5. The van der Waals surface area contributed by atoms with Crippen LogP contribution in [0.25, 0.3) is 0 Å². The van der Waals surface area contributed by atoms with Crippen LogP contribution in [0.3, 0.4) is 0 Å². The zero-order valence-electron chi connectivity index (χ0n) is 13.7. The van der Waals surface area contributed by atoms with Crippen LogP contribution >= 0.6 is 0 Å². The van der Waals surface area contributed by atoms with Crippen LogP contribution in [0.5, 0.6) is 5.75 Å². The van der Waals surface area contributed by atoms with Crippen molar-refractivity contribution in [2.45, 2.75) is 58.8 Å². The van der Waals surface area contributed by atoms with Crippen molar-refractivity contribution in [3.05, 3.63) is 29.8 Å². The minimum atomic E-state index is -0.141. The third-order valence-corrected chi connectivity index (χ3v) is 3.10. The number of hydrogen-bond donors (Lipinski definition) is 1. The molecule has 114 valence electrons. The lowest BCUT2D eigenvalue weighted by atomic mass is 10.0. The van der Waals surface area contributed by atoms with Crippen LogP contribution in [0.4, 0.5) is 0 Å². The zero-order valence-corrected chi connectivity index (χ0v) is 13.7. The van der Waals surface area contributed by atoms with Crippen molar-refractivity contribution in [1.29, 1.82) is 0 Å².